The Balaban J connectivity index is 2.03. The lowest BCUT2D eigenvalue weighted by Gasteiger charge is -2.17. The van der Waals surface area contributed by atoms with E-state index in [1.54, 1.807) is 14.0 Å². The van der Waals surface area contributed by atoms with Crippen molar-refractivity contribution in [3.05, 3.63) is 52.5 Å². The molecule has 0 saturated heterocycles. The number of carbonyl (C=O) groups is 2. The van der Waals surface area contributed by atoms with E-state index in [0.717, 1.165) is 16.9 Å². The molecule has 5 nitrogen and oxygen atoms in total. The summed E-state index contributed by atoms with van der Waals surface area (Å²) in [6.45, 7) is 7.39. The summed E-state index contributed by atoms with van der Waals surface area (Å²) in [5, 5.41) is 2.78. The molecule has 122 valence electrons. The maximum absolute atomic E-state index is 12.5. The van der Waals surface area contributed by atoms with Gasteiger partial charge in [0, 0.05) is 18.3 Å². The van der Waals surface area contributed by atoms with Crippen LogP contribution in [0.25, 0.3) is 0 Å². The Morgan fingerprint density at radius 3 is 2.17 bits per heavy atom. The number of benzene rings is 1. The summed E-state index contributed by atoms with van der Waals surface area (Å²) in [5.74, 6) is 0.857. The van der Waals surface area contributed by atoms with E-state index in [9.17, 15) is 9.59 Å². The van der Waals surface area contributed by atoms with Gasteiger partial charge in [-0.05, 0) is 39.8 Å². The fourth-order valence-electron chi connectivity index (χ4n) is 2.42. The first-order chi connectivity index (χ1) is 10.8. The highest BCUT2D eigenvalue weighted by Gasteiger charge is 2.22. The van der Waals surface area contributed by atoms with Gasteiger partial charge >= 0.3 is 0 Å². The van der Waals surface area contributed by atoms with Crippen LogP contribution in [0, 0.1) is 27.7 Å². The van der Waals surface area contributed by atoms with E-state index in [4.69, 9.17) is 4.42 Å². The monoisotopic (exact) mass is 314 g/mol. The van der Waals surface area contributed by atoms with E-state index in [1.807, 2.05) is 45.0 Å². The Hall–Kier alpha value is -2.56. The Labute approximate surface area is 136 Å². The second kappa shape index (κ2) is 6.69. The van der Waals surface area contributed by atoms with Crippen LogP contribution < -0.4 is 5.32 Å². The molecule has 2 aromatic rings. The molecule has 2 amide bonds. The largest absolute Gasteiger partial charge is 0.466 e. The molecule has 0 bridgehead atoms. The van der Waals surface area contributed by atoms with Crippen LogP contribution in [0.2, 0.25) is 0 Å². The van der Waals surface area contributed by atoms with E-state index in [1.165, 1.54) is 4.90 Å². The molecular weight excluding hydrogens is 292 g/mol. The minimum absolute atomic E-state index is 0.0180. The van der Waals surface area contributed by atoms with Crippen molar-refractivity contribution in [2.45, 2.75) is 27.7 Å². The van der Waals surface area contributed by atoms with Crippen molar-refractivity contribution in [1.29, 1.82) is 0 Å². The molecule has 1 aromatic carbocycles. The van der Waals surface area contributed by atoms with Crippen molar-refractivity contribution in [3.8, 4) is 0 Å². The van der Waals surface area contributed by atoms with Crippen molar-refractivity contribution >= 4 is 17.5 Å². The van der Waals surface area contributed by atoms with Crippen LogP contribution >= 0.6 is 0 Å². The topological polar surface area (TPSA) is 62.6 Å². The van der Waals surface area contributed by atoms with Crippen molar-refractivity contribution in [2.75, 3.05) is 18.9 Å². The molecule has 23 heavy (non-hydrogen) atoms. The quantitative estimate of drug-likeness (QED) is 0.942. The van der Waals surface area contributed by atoms with Gasteiger partial charge in [-0.3, -0.25) is 9.59 Å². The van der Waals surface area contributed by atoms with E-state index in [0.29, 0.717) is 17.0 Å². The third kappa shape index (κ3) is 3.80. The molecular formula is C18H22N2O3. The van der Waals surface area contributed by atoms with Gasteiger partial charge in [0.25, 0.3) is 5.91 Å². The number of furan rings is 1. The predicted octanol–water partition coefficient (Wildman–Crippen LogP) is 3.22. The SMILES string of the molecule is Cc1ccc(NC(=O)CN(C)C(=O)c2c(C)oc(C)c2C)cc1. The van der Waals surface area contributed by atoms with E-state index >= 15 is 0 Å². The lowest BCUT2D eigenvalue weighted by molar-refractivity contribution is -0.116. The number of amides is 2. The molecule has 0 aliphatic rings. The standard InChI is InChI=1S/C18H22N2O3/c1-11-6-8-15(9-7-11)19-16(21)10-20(5)18(22)17-12(2)13(3)23-14(17)4/h6-9H,10H2,1-5H3,(H,19,21). The highest BCUT2D eigenvalue weighted by atomic mass is 16.3. The molecule has 0 radical (unpaired) electrons. The molecule has 0 aliphatic heterocycles. The zero-order chi connectivity index (χ0) is 17.1. The van der Waals surface area contributed by atoms with E-state index in [-0.39, 0.29) is 18.4 Å². The molecule has 0 saturated carbocycles. The van der Waals surface area contributed by atoms with Crippen LogP contribution in [0.1, 0.15) is 33.0 Å². The van der Waals surface area contributed by atoms with Gasteiger partial charge in [0.2, 0.25) is 5.91 Å². The molecule has 0 spiro atoms. The highest BCUT2D eigenvalue weighted by Crippen LogP contribution is 2.22. The smallest absolute Gasteiger partial charge is 0.257 e. The minimum atomic E-state index is -0.236. The lowest BCUT2D eigenvalue weighted by Crippen LogP contribution is -2.35. The number of nitrogens with zero attached hydrogens (tertiary/aromatic N) is 1. The van der Waals surface area contributed by atoms with Crippen LogP contribution in [0.15, 0.2) is 28.7 Å². The summed E-state index contributed by atoms with van der Waals surface area (Å²) in [6, 6.07) is 7.52. The van der Waals surface area contributed by atoms with Crippen LogP contribution in [-0.4, -0.2) is 30.3 Å². The molecule has 0 aliphatic carbocycles. The van der Waals surface area contributed by atoms with E-state index in [2.05, 4.69) is 5.32 Å². The fraction of sp³-hybridized carbons (Fsp3) is 0.333. The Bertz CT molecular complexity index is 729. The number of likely N-dealkylation sites (N-methyl/N-ethyl adjacent to an activating group) is 1. The first-order valence-electron chi connectivity index (χ1n) is 7.48. The molecule has 2 rings (SSSR count). The van der Waals surface area contributed by atoms with Crippen molar-refractivity contribution < 1.29 is 14.0 Å². The molecule has 0 atom stereocenters. The van der Waals surface area contributed by atoms with Gasteiger partial charge in [0.1, 0.15) is 11.5 Å². The zero-order valence-electron chi connectivity index (χ0n) is 14.2. The maximum atomic E-state index is 12.5. The van der Waals surface area contributed by atoms with Crippen molar-refractivity contribution in [1.82, 2.24) is 4.90 Å². The van der Waals surface area contributed by atoms with Crippen LogP contribution in [-0.2, 0) is 4.79 Å². The summed E-state index contributed by atoms with van der Waals surface area (Å²) in [7, 11) is 1.61. The number of carbonyl (C=O) groups excluding carboxylic acids is 2. The van der Waals surface area contributed by atoms with Crippen molar-refractivity contribution in [3.63, 3.8) is 0 Å². The number of hydrogen-bond donors (Lipinski definition) is 1. The summed E-state index contributed by atoms with van der Waals surface area (Å²) >= 11 is 0. The van der Waals surface area contributed by atoms with Gasteiger partial charge in [-0.2, -0.15) is 0 Å². The average Bonchev–Trinajstić information content (AvgIpc) is 2.73. The molecule has 5 heteroatoms. The first kappa shape index (κ1) is 16.8. The van der Waals surface area contributed by atoms with Gasteiger partial charge in [-0.1, -0.05) is 17.7 Å². The molecule has 1 N–H and O–H groups in total. The van der Waals surface area contributed by atoms with Gasteiger partial charge in [-0.15, -0.1) is 0 Å². The van der Waals surface area contributed by atoms with E-state index < -0.39 is 0 Å². The number of rotatable bonds is 4. The van der Waals surface area contributed by atoms with Crippen LogP contribution in [0.5, 0.6) is 0 Å². The predicted molar refractivity (Wildman–Crippen MR) is 89.7 cm³/mol. The summed E-state index contributed by atoms with van der Waals surface area (Å²) < 4.78 is 5.48. The van der Waals surface area contributed by atoms with Gasteiger partial charge < -0.3 is 14.6 Å². The van der Waals surface area contributed by atoms with Crippen LogP contribution in [0.4, 0.5) is 5.69 Å². The normalized spacial score (nSPS) is 10.5. The second-order valence-corrected chi connectivity index (χ2v) is 5.79. The number of nitrogens with one attached hydrogen (secondary N) is 1. The summed E-state index contributed by atoms with van der Waals surface area (Å²) in [6.07, 6.45) is 0. The molecule has 1 aromatic heterocycles. The minimum Gasteiger partial charge on any atom is -0.466 e. The second-order valence-electron chi connectivity index (χ2n) is 5.79. The maximum Gasteiger partial charge on any atom is 0.257 e. The average molecular weight is 314 g/mol. The highest BCUT2D eigenvalue weighted by molar-refractivity contribution is 6.00. The van der Waals surface area contributed by atoms with Gasteiger partial charge in [0.15, 0.2) is 0 Å². The molecule has 0 unspecified atom stereocenters. The van der Waals surface area contributed by atoms with Gasteiger partial charge in [0.05, 0.1) is 12.1 Å². The van der Waals surface area contributed by atoms with Gasteiger partial charge in [-0.25, -0.2) is 0 Å². The summed E-state index contributed by atoms with van der Waals surface area (Å²) in [4.78, 5) is 26.0. The summed E-state index contributed by atoms with van der Waals surface area (Å²) in [5.41, 5.74) is 3.19. The molecule has 1 heterocycles. The van der Waals surface area contributed by atoms with Crippen molar-refractivity contribution in [2.24, 2.45) is 0 Å². The van der Waals surface area contributed by atoms with Crippen LogP contribution in [0.3, 0.4) is 0 Å². The fourth-order valence-corrected chi connectivity index (χ4v) is 2.42. The Morgan fingerprint density at radius 1 is 1.04 bits per heavy atom. The number of aryl methyl sites for hydroxylation is 3. The Morgan fingerprint density at radius 2 is 1.65 bits per heavy atom. The lowest BCUT2D eigenvalue weighted by atomic mass is 10.1. The third-order valence-corrected chi connectivity index (χ3v) is 3.84. The first-order valence-corrected chi connectivity index (χ1v) is 7.48. The number of hydrogen-bond acceptors (Lipinski definition) is 3. The molecule has 0 fully saturated rings. The number of anilines is 1. The zero-order valence-corrected chi connectivity index (χ0v) is 14.2. The third-order valence-electron chi connectivity index (χ3n) is 3.84. The Kier molecular flexibility index (Phi) is 4.89.